The van der Waals surface area contributed by atoms with E-state index >= 15 is 0 Å². The third-order valence-corrected chi connectivity index (χ3v) is 17.9. The van der Waals surface area contributed by atoms with Crippen molar-refractivity contribution in [3.05, 3.63) is 290 Å². The van der Waals surface area contributed by atoms with Crippen molar-refractivity contribution < 1.29 is 0 Å². The van der Waals surface area contributed by atoms with E-state index in [-0.39, 0.29) is 0 Å². The first kappa shape index (κ1) is 45.1. The van der Waals surface area contributed by atoms with Gasteiger partial charge in [0.1, 0.15) is 0 Å². The molecule has 3 aromatic heterocycles. The SMILES string of the molecule is c1ccc2c(c#1)CCc1c-2n(-c2ccc(N(c3ccc(-n4c5ccc6ccccc6c5c5ccc6ccccc6c54)cc3)c3ccc(-n4c5ccc6ccccc6c5c5ccc6ccccc6c54)cc3)cc2)c2ccc3ccccc3c12. The molecule has 17 aromatic rings. The van der Waals surface area contributed by atoms with Crippen molar-refractivity contribution in [2.45, 2.75) is 12.8 Å². The van der Waals surface area contributed by atoms with Crippen molar-refractivity contribution in [1.82, 2.24) is 13.7 Å². The quantitative estimate of drug-likeness (QED) is 0.162. The summed E-state index contributed by atoms with van der Waals surface area (Å²) in [4.78, 5) is 2.41. The number of benzene rings is 13. The zero-order valence-electron chi connectivity index (χ0n) is 44.6. The molecule has 0 saturated carbocycles. The lowest BCUT2D eigenvalue weighted by molar-refractivity contribution is 0.935. The lowest BCUT2D eigenvalue weighted by atomic mass is 9.89. The van der Waals surface area contributed by atoms with Crippen LogP contribution < -0.4 is 4.90 Å². The molecular weight excluding hydrogens is 993 g/mol. The van der Waals surface area contributed by atoms with Gasteiger partial charge in [-0.3, -0.25) is 0 Å². The van der Waals surface area contributed by atoms with Gasteiger partial charge in [-0.2, -0.15) is 0 Å². The van der Waals surface area contributed by atoms with Crippen LogP contribution in [-0.4, -0.2) is 13.7 Å². The summed E-state index contributed by atoms with van der Waals surface area (Å²) in [6.07, 6.45) is 1.90. The third-order valence-electron chi connectivity index (χ3n) is 17.9. The van der Waals surface area contributed by atoms with Gasteiger partial charge < -0.3 is 18.6 Å². The molecule has 0 saturated heterocycles. The molecule has 0 N–H and O–H groups in total. The zero-order chi connectivity index (χ0) is 53.6. The van der Waals surface area contributed by atoms with E-state index in [0.29, 0.717) is 0 Å². The minimum atomic E-state index is 0.946. The molecular formula is C78H48N4. The topological polar surface area (TPSA) is 18.0 Å². The van der Waals surface area contributed by atoms with Gasteiger partial charge >= 0.3 is 0 Å². The molecule has 0 amide bonds. The largest absolute Gasteiger partial charge is 0.310 e. The molecule has 380 valence electrons. The first-order valence-corrected chi connectivity index (χ1v) is 28.5. The highest BCUT2D eigenvalue weighted by atomic mass is 15.1. The fraction of sp³-hybridized carbons (Fsp3) is 0.0256. The maximum Gasteiger partial charge on any atom is 0.0619 e. The Balaban J connectivity index is 0.829. The molecule has 1 aliphatic carbocycles. The Bertz CT molecular complexity index is 5270. The summed E-state index contributed by atoms with van der Waals surface area (Å²) in [5.41, 5.74) is 17.7. The fourth-order valence-corrected chi connectivity index (χ4v) is 14.4. The van der Waals surface area contributed by atoms with Crippen LogP contribution >= 0.6 is 0 Å². The summed E-state index contributed by atoms with van der Waals surface area (Å²) in [7, 11) is 0. The van der Waals surface area contributed by atoms with Gasteiger partial charge in [-0.05, 0) is 165 Å². The van der Waals surface area contributed by atoms with E-state index in [2.05, 4.69) is 292 Å². The van der Waals surface area contributed by atoms with Crippen LogP contribution in [0.3, 0.4) is 0 Å². The average molecular weight is 1040 g/mol. The molecule has 1 aliphatic rings. The van der Waals surface area contributed by atoms with E-state index in [1.807, 2.05) is 6.07 Å². The Morgan fingerprint density at radius 3 is 1.15 bits per heavy atom. The van der Waals surface area contributed by atoms with Crippen LogP contribution in [0, 0.1) is 12.1 Å². The molecule has 82 heavy (non-hydrogen) atoms. The summed E-state index contributed by atoms with van der Waals surface area (Å²) in [6.45, 7) is 0. The minimum absolute atomic E-state index is 0.946. The highest BCUT2D eigenvalue weighted by molar-refractivity contribution is 6.27. The van der Waals surface area contributed by atoms with E-state index in [1.54, 1.807) is 0 Å². The van der Waals surface area contributed by atoms with Crippen molar-refractivity contribution in [3.63, 3.8) is 0 Å². The van der Waals surface area contributed by atoms with Gasteiger partial charge in [-0.1, -0.05) is 176 Å². The number of fused-ring (bicyclic) bond motifs is 21. The van der Waals surface area contributed by atoms with Crippen molar-refractivity contribution in [2.75, 3.05) is 4.90 Å². The van der Waals surface area contributed by atoms with Crippen LogP contribution in [0.15, 0.2) is 267 Å². The average Bonchev–Trinajstić information content (AvgIpc) is 4.28. The molecule has 0 unspecified atom stereocenters. The van der Waals surface area contributed by atoms with Crippen LogP contribution in [0.4, 0.5) is 17.1 Å². The number of nitrogens with zero attached hydrogens (tertiary/aromatic N) is 4. The van der Waals surface area contributed by atoms with Gasteiger partial charge in [-0.15, -0.1) is 0 Å². The molecule has 0 atom stereocenters. The first-order chi connectivity index (χ1) is 40.7. The summed E-state index contributed by atoms with van der Waals surface area (Å²) < 4.78 is 7.46. The number of anilines is 3. The number of hydrogen-bond acceptors (Lipinski definition) is 1. The fourth-order valence-electron chi connectivity index (χ4n) is 14.4. The maximum absolute atomic E-state index is 3.49. The van der Waals surface area contributed by atoms with Crippen LogP contribution in [0.5, 0.6) is 0 Å². The molecule has 4 nitrogen and oxygen atoms in total. The van der Waals surface area contributed by atoms with Gasteiger partial charge in [-0.25, -0.2) is 0 Å². The van der Waals surface area contributed by atoms with Gasteiger partial charge in [0.05, 0.1) is 33.3 Å². The lowest BCUT2D eigenvalue weighted by Crippen LogP contribution is -2.11. The minimum Gasteiger partial charge on any atom is -0.310 e. The summed E-state index contributed by atoms with van der Waals surface area (Å²) in [5, 5.41) is 18.9. The molecule has 0 bridgehead atoms. The number of aryl methyl sites for hydroxylation is 1. The van der Waals surface area contributed by atoms with Crippen LogP contribution in [0.2, 0.25) is 0 Å². The Morgan fingerprint density at radius 2 is 0.683 bits per heavy atom. The van der Waals surface area contributed by atoms with Crippen LogP contribution in [-0.2, 0) is 12.8 Å². The maximum atomic E-state index is 3.49. The molecule has 3 heterocycles. The smallest absolute Gasteiger partial charge is 0.0619 e. The van der Waals surface area contributed by atoms with E-state index in [0.717, 1.165) is 47.0 Å². The summed E-state index contributed by atoms with van der Waals surface area (Å²) >= 11 is 0. The van der Waals surface area contributed by atoms with Crippen LogP contribution in [0.25, 0.3) is 137 Å². The molecule has 4 heteroatoms. The summed E-state index contributed by atoms with van der Waals surface area (Å²) in [6, 6.07) is 106. The number of aromatic nitrogens is 3. The van der Waals surface area contributed by atoms with Gasteiger partial charge in [0.25, 0.3) is 0 Å². The third kappa shape index (κ3) is 6.45. The Labute approximate surface area is 472 Å². The highest BCUT2D eigenvalue weighted by Gasteiger charge is 2.27. The van der Waals surface area contributed by atoms with Gasteiger partial charge in [0.15, 0.2) is 0 Å². The second kappa shape index (κ2) is 17.3. The van der Waals surface area contributed by atoms with Gasteiger partial charge in [0, 0.05) is 83.0 Å². The molecule has 0 fully saturated rings. The van der Waals surface area contributed by atoms with Crippen molar-refractivity contribution >= 4 is 125 Å². The van der Waals surface area contributed by atoms with E-state index in [1.165, 1.54) is 131 Å². The molecule has 0 spiro atoms. The standard InChI is InChI=1S/C78H48N4/c1-7-19-61-49(13-1)28-46-70-73(61)67-43-25-52-16-4-10-22-64(52)76(67)80(70)58-37-31-55(32-38-58)79(56-33-39-59(40-34-56)81-71-47-29-50-14-2-8-20-62(50)74(71)68-44-26-53-17-5-11-23-65(53)77(68)81)57-35-41-60(42-36-57)82-72-48-30-51-15-3-9-21-63(51)75(72)69-45-27-54-18-6-12-24-66(54)78(69)82/h1-5,7-17,19-26,28-44,46-48H,27,45H2. The first-order valence-electron chi connectivity index (χ1n) is 28.5. The van der Waals surface area contributed by atoms with E-state index < -0.39 is 0 Å². The molecule has 18 rings (SSSR count). The molecule has 14 aromatic carbocycles. The predicted molar refractivity (Wildman–Crippen MR) is 345 cm³/mol. The number of hydrogen-bond donors (Lipinski definition) is 0. The highest BCUT2D eigenvalue weighted by Crippen LogP contribution is 2.47. The zero-order valence-corrected chi connectivity index (χ0v) is 44.6. The van der Waals surface area contributed by atoms with E-state index in [9.17, 15) is 0 Å². The molecule has 0 radical (unpaired) electrons. The second-order valence-electron chi connectivity index (χ2n) is 22.1. The monoisotopic (exact) mass is 1040 g/mol. The Hall–Kier alpha value is -10.9. The van der Waals surface area contributed by atoms with Crippen molar-refractivity contribution in [3.8, 4) is 28.3 Å². The lowest BCUT2D eigenvalue weighted by Gasteiger charge is -2.27. The van der Waals surface area contributed by atoms with Crippen LogP contribution in [0.1, 0.15) is 11.1 Å². The van der Waals surface area contributed by atoms with Crippen molar-refractivity contribution in [2.24, 2.45) is 0 Å². The normalized spacial score (nSPS) is 12.4. The Morgan fingerprint density at radius 1 is 0.305 bits per heavy atom. The van der Waals surface area contributed by atoms with Crippen molar-refractivity contribution in [1.29, 1.82) is 0 Å². The second-order valence-corrected chi connectivity index (χ2v) is 22.1. The summed E-state index contributed by atoms with van der Waals surface area (Å²) in [5.74, 6) is 0. The van der Waals surface area contributed by atoms with Gasteiger partial charge in [0.2, 0.25) is 0 Å². The Kier molecular flexibility index (Phi) is 9.51. The van der Waals surface area contributed by atoms with E-state index in [4.69, 9.17) is 0 Å². The molecule has 0 aliphatic heterocycles. The predicted octanol–water partition coefficient (Wildman–Crippen LogP) is 20.4. The number of rotatable bonds is 6.